The Morgan fingerprint density at radius 1 is 0.476 bits per heavy atom. The Hall–Kier alpha value is -2.90. The van der Waals surface area contributed by atoms with E-state index in [1.807, 2.05) is 6.07 Å². The van der Waals surface area contributed by atoms with Crippen LogP contribution in [0.25, 0.3) is 0 Å². The first kappa shape index (κ1) is 32.0. The number of hydrogen-bond acceptors (Lipinski definition) is 5. The minimum absolute atomic E-state index is 0.278. The van der Waals surface area contributed by atoms with Crippen LogP contribution >= 0.6 is 11.8 Å². The van der Waals surface area contributed by atoms with Crippen LogP contribution in [0, 0.1) is 0 Å². The van der Waals surface area contributed by atoms with E-state index in [2.05, 4.69) is 111 Å². The quantitative estimate of drug-likeness (QED) is 0.0789. The minimum atomic E-state index is -0.278. The second-order valence-corrected chi connectivity index (χ2v) is 12.9. The largest absolute Gasteiger partial charge is 0.491 e. The van der Waals surface area contributed by atoms with Gasteiger partial charge in [-0.3, -0.25) is 0 Å². The lowest BCUT2D eigenvalue weighted by Gasteiger charge is -2.12. The van der Waals surface area contributed by atoms with Gasteiger partial charge < -0.3 is 18.9 Å². The van der Waals surface area contributed by atoms with E-state index in [4.69, 9.17) is 18.9 Å². The highest BCUT2D eigenvalue weighted by molar-refractivity contribution is 7.99. The van der Waals surface area contributed by atoms with Gasteiger partial charge in [-0.25, -0.2) is 0 Å². The molecule has 0 heterocycles. The lowest BCUT2D eigenvalue weighted by atomic mass is 10.3. The van der Waals surface area contributed by atoms with Gasteiger partial charge in [-0.05, 0) is 97.8 Å². The highest BCUT2D eigenvalue weighted by Gasteiger charge is 2.29. The van der Waals surface area contributed by atoms with Crippen molar-refractivity contribution in [1.82, 2.24) is 0 Å². The number of hydrogen-bond donors (Lipinski definition) is 0. The van der Waals surface area contributed by atoms with Crippen LogP contribution in [-0.2, 0) is 20.4 Å². The molecule has 0 fully saturated rings. The van der Waals surface area contributed by atoms with E-state index < -0.39 is 0 Å². The average molecular weight is 604 g/mol. The molecule has 222 valence electrons. The van der Waals surface area contributed by atoms with Gasteiger partial charge in [0.2, 0.25) is 0 Å². The molecule has 0 saturated carbocycles. The van der Waals surface area contributed by atoms with Crippen molar-refractivity contribution < 1.29 is 18.9 Å². The smallest absolute Gasteiger partial charge is 0.166 e. The fraction of sp³-hybridized carbons (Fsp3) is 0.333. The van der Waals surface area contributed by atoms with Crippen LogP contribution in [0.15, 0.2) is 128 Å². The molecular weight excluding hydrogens is 561 g/mol. The van der Waals surface area contributed by atoms with E-state index >= 15 is 0 Å². The predicted molar refractivity (Wildman–Crippen MR) is 174 cm³/mol. The molecule has 0 atom stereocenters. The summed E-state index contributed by atoms with van der Waals surface area (Å²) in [5.41, 5.74) is 0. The normalized spacial score (nSPS) is 11.1. The van der Waals surface area contributed by atoms with Crippen molar-refractivity contribution in [1.29, 1.82) is 0 Å². The Labute approximate surface area is 259 Å². The van der Waals surface area contributed by atoms with Crippen LogP contribution in [-0.4, -0.2) is 39.6 Å². The van der Waals surface area contributed by atoms with Crippen molar-refractivity contribution in [3.05, 3.63) is 103 Å². The van der Waals surface area contributed by atoms with E-state index in [0.717, 1.165) is 50.4 Å². The summed E-state index contributed by atoms with van der Waals surface area (Å²) >= 11 is 1.78. The zero-order valence-electron chi connectivity index (χ0n) is 24.8. The Kier molecular flexibility index (Phi) is 14.2. The monoisotopic (exact) mass is 603 g/mol. The van der Waals surface area contributed by atoms with E-state index in [1.54, 1.807) is 11.8 Å². The molecule has 0 aliphatic carbocycles. The van der Waals surface area contributed by atoms with Crippen LogP contribution in [0.5, 0.6) is 11.5 Å². The first-order valence-corrected chi connectivity index (χ1v) is 17.0. The molecule has 42 heavy (non-hydrogen) atoms. The van der Waals surface area contributed by atoms with Crippen LogP contribution in [0.2, 0.25) is 0 Å². The standard InChI is InChI=1S/C36H43O4S2/c1-3-5-24-37-26-28-39-30-12-18-34(19-13-30)42(35-20-14-31(15-21-35)40-29-27-38-25-6-4-2)36-22-16-33(17-23-36)41-32-10-8-7-9-11-32/h7-23H,3-6,24-29H2,1-2H3/q+1. The summed E-state index contributed by atoms with van der Waals surface area (Å²) in [4.78, 5) is 6.21. The molecule has 0 aliphatic rings. The number of benzene rings is 4. The lowest BCUT2D eigenvalue weighted by Crippen LogP contribution is -2.08. The van der Waals surface area contributed by atoms with Crippen molar-refractivity contribution in [3.8, 4) is 11.5 Å². The highest BCUT2D eigenvalue weighted by atomic mass is 32.2. The molecular formula is C36H43O4S2+. The molecule has 4 rings (SSSR count). The number of ether oxygens (including phenoxy) is 4. The molecule has 0 aromatic heterocycles. The summed E-state index contributed by atoms with van der Waals surface area (Å²) < 4.78 is 23.1. The lowest BCUT2D eigenvalue weighted by molar-refractivity contribution is 0.0980. The van der Waals surface area contributed by atoms with Crippen LogP contribution in [0.1, 0.15) is 39.5 Å². The van der Waals surface area contributed by atoms with Crippen molar-refractivity contribution in [3.63, 3.8) is 0 Å². The summed E-state index contributed by atoms with van der Waals surface area (Å²) in [5.74, 6) is 1.72. The van der Waals surface area contributed by atoms with Gasteiger partial charge in [-0.1, -0.05) is 56.7 Å². The summed E-state index contributed by atoms with van der Waals surface area (Å²) in [6, 6.07) is 36.4. The Morgan fingerprint density at radius 3 is 1.36 bits per heavy atom. The topological polar surface area (TPSA) is 36.9 Å². The fourth-order valence-corrected chi connectivity index (χ4v) is 7.03. The number of unbranched alkanes of at least 4 members (excludes halogenated alkanes) is 2. The van der Waals surface area contributed by atoms with Crippen LogP contribution < -0.4 is 9.47 Å². The maximum absolute atomic E-state index is 5.94. The average Bonchev–Trinajstić information content (AvgIpc) is 3.03. The van der Waals surface area contributed by atoms with Crippen molar-refractivity contribution >= 4 is 22.7 Å². The third kappa shape index (κ3) is 10.7. The van der Waals surface area contributed by atoms with E-state index in [1.165, 1.54) is 24.5 Å². The van der Waals surface area contributed by atoms with Crippen molar-refractivity contribution in [2.24, 2.45) is 0 Å². The van der Waals surface area contributed by atoms with Gasteiger partial charge in [0.1, 0.15) is 24.7 Å². The molecule has 6 heteroatoms. The Morgan fingerprint density at radius 2 is 0.905 bits per heavy atom. The van der Waals surface area contributed by atoms with Gasteiger partial charge in [0.05, 0.1) is 24.1 Å². The number of rotatable bonds is 19. The molecule has 0 bridgehead atoms. The predicted octanol–water partition coefficient (Wildman–Crippen LogP) is 9.32. The zero-order valence-corrected chi connectivity index (χ0v) is 26.5. The SMILES string of the molecule is CCCCOCCOc1ccc([S+](c2ccc(OCCOCCCC)cc2)c2ccc(Sc3ccccc3)cc2)cc1. The molecule has 4 nitrogen and oxygen atoms in total. The second-order valence-electron chi connectivity index (χ2n) is 9.76. The third-order valence-corrected chi connectivity index (χ3v) is 9.68. The van der Waals surface area contributed by atoms with E-state index in [0.29, 0.717) is 26.4 Å². The van der Waals surface area contributed by atoms with Gasteiger partial charge in [-0.15, -0.1) is 0 Å². The maximum atomic E-state index is 5.94. The zero-order chi connectivity index (χ0) is 29.2. The summed E-state index contributed by atoms with van der Waals surface area (Å²) in [7, 11) is -0.278. The molecule has 0 N–H and O–H groups in total. The fourth-order valence-electron chi connectivity index (χ4n) is 4.15. The molecule has 0 amide bonds. The Balaban J connectivity index is 1.46. The highest BCUT2D eigenvalue weighted by Crippen LogP contribution is 2.35. The van der Waals surface area contributed by atoms with Crippen molar-refractivity contribution in [2.45, 2.75) is 64.0 Å². The second kappa shape index (κ2) is 18.6. The van der Waals surface area contributed by atoms with Gasteiger partial charge >= 0.3 is 0 Å². The molecule has 4 aromatic carbocycles. The van der Waals surface area contributed by atoms with Crippen LogP contribution in [0.3, 0.4) is 0 Å². The molecule has 0 radical (unpaired) electrons. The summed E-state index contributed by atoms with van der Waals surface area (Å²) in [6.45, 7) is 8.25. The molecule has 0 unspecified atom stereocenters. The molecule has 0 spiro atoms. The van der Waals surface area contributed by atoms with Gasteiger partial charge in [0.15, 0.2) is 14.7 Å². The van der Waals surface area contributed by atoms with Crippen molar-refractivity contribution in [2.75, 3.05) is 39.6 Å². The van der Waals surface area contributed by atoms with E-state index in [-0.39, 0.29) is 10.9 Å². The third-order valence-electron chi connectivity index (χ3n) is 6.43. The molecule has 0 aliphatic heterocycles. The molecule has 4 aromatic rings. The first-order chi connectivity index (χ1) is 20.8. The van der Waals surface area contributed by atoms with Crippen LogP contribution in [0.4, 0.5) is 0 Å². The molecule has 0 saturated heterocycles. The van der Waals surface area contributed by atoms with Gasteiger partial charge in [-0.2, -0.15) is 0 Å². The van der Waals surface area contributed by atoms with E-state index in [9.17, 15) is 0 Å². The summed E-state index contributed by atoms with van der Waals surface area (Å²) in [5, 5.41) is 0. The summed E-state index contributed by atoms with van der Waals surface area (Å²) in [6.07, 6.45) is 4.46. The first-order valence-electron chi connectivity index (χ1n) is 14.9. The minimum Gasteiger partial charge on any atom is -0.491 e. The maximum Gasteiger partial charge on any atom is 0.166 e. The Bertz CT molecular complexity index is 1200. The van der Waals surface area contributed by atoms with Gasteiger partial charge in [0, 0.05) is 23.0 Å². The van der Waals surface area contributed by atoms with Gasteiger partial charge in [0.25, 0.3) is 0 Å².